The van der Waals surface area contributed by atoms with E-state index in [1.54, 1.807) is 6.92 Å². The van der Waals surface area contributed by atoms with E-state index in [-0.39, 0.29) is 0 Å². The first kappa shape index (κ1) is 11.2. The molecule has 72 valence electrons. The molecule has 0 radical (unpaired) electrons. The van der Waals surface area contributed by atoms with E-state index in [9.17, 15) is 4.79 Å². The van der Waals surface area contributed by atoms with Crippen LogP contribution in [0.1, 0.15) is 20.3 Å². The van der Waals surface area contributed by atoms with Gasteiger partial charge in [-0.1, -0.05) is 0 Å². The maximum absolute atomic E-state index is 10.6. The Kier molecular flexibility index (Phi) is 7.79. The Labute approximate surface area is 72.8 Å². The third kappa shape index (κ3) is 7.34. The summed E-state index contributed by atoms with van der Waals surface area (Å²) in [5.74, 6) is 0. The number of carbonyl (C=O) groups is 1. The molecule has 4 heteroatoms. The lowest BCUT2D eigenvalue weighted by Crippen LogP contribution is -2.09. The Morgan fingerprint density at radius 2 is 1.83 bits per heavy atom. The lowest BCUT2D eigenvalue weighted by atomic mass is 10.5. The molecule has 0 rings (SSSR count). The Morgan fingerprint density at radius 1 is 1.08 bits per heavy atom. The standard InChI is InChI=1S/C8H16O4/c1-3-10-6-5-7-12-8(9)11-4-2/h3-7H2,1-2H3. The molecule has 0 aliphatic rings. The molecule has 0 unspecified atom stereocenters. The van der Waals surface area contributed by atoms with Crippen LogP contribution in [0, 0.1) is 0 Å². The second-order valence-corrected chi connectivity index (χ2v) is 2.08. The first-order valence-corrected chi connectivity index (χ1v) is 4.18. The molecule has 0 N–H and O–H groups in total. The van der Waals surface area contributed by atoms with Crippen molar-refractivity contribution in [2.75, 3.05) is 26.4 Å². The van der Waals surface area contributed by atoms with Crippen LogP contribution in [0.5, 0.6) is 0 Å². The molecular weight excluding hydrogens is 160 g/mol. The zero-order chi connectivity index (χ0) is 9.23. The molecule has 0 aromatic carbocycles. The highest BCUT2D eigenvalue weighted by molar-refractivity contribution is 5.59. The monoisotopic (exact) mass is 176 g/mol. The summed E-state index contributed by atoms with van der Waals surface area (Å²) in [7, 11) is 0. The van der Waals surface area contributed by atoms with Gasteiger partial charge in [0.1, 0.15) is 0 Å². The molecule has 0 amide bonds. The van der Waals surface area contributed by atoms with E-state index in [2.05, 4.69) is 9.47 Å². The van der Waals surface area contributed by atoms with E-state index >= 15 is 0 Å². The molecule has 0 aromatic rings. The van der Waals surface area contributed by atoms with Crippen LogP contribution in [-0.2, 0) is 14.2 Å². The van der Waals surface area contributed by atoms with Crippen molar-refractivity contribution in [2.45, 2.75) is 20.3 Å². The third-order valence-electron chi connectivity index (χ3n) is 1.12. The summed E-state index contributed by atoms with van der Waals surface area (Å²) < 4.78 is 14.3. The van der Waals surface area contributed by atoms with Crippen LogP contribution in [0.4, 0.5) is 4.79 Å². The van der Waals surface area contributed by atoms with Crippen LogP contribution in [0.15, 0.2) is 0 Å². The van der Waals surface area contributed by atoms with Gasteiger partial charge in [-0.3, -0.25) is 0 Å². The SMILES string of the molecule is CCOCCCOC(=O)OCC. The number of rotatable bonds is 6. The lowest BCUT2D eigenvalue weighted by molar-refractivity contribution is 0.0495. The van der Waals surface area contributed by atoms with E-state index in [0.29, 0.717) is 32.8 Å². The van der Waals surface area contributed by atoms with E-state index < -0.39 is 6.16 Å². The average molecular weight is 176 g/mol. The van der Waals surface area contributed by atoms with E-state index in [0.717, 1.165) is 0 Å². The molecule has 0 saturated carbocycles. The zero-order valence-corrected chi connectivity index (χ0v) is 7.67. The highest BCUT2D eigenvalue weighted by Gasteiger charge is 1.99. The molecule has 0 atom stereocenters. The van der Waals surface area contributed by atoms with Crippen LogP contribution in [0.25, 0.3) is 0 Å². The topological polar surface area (TPSA) is 44.8 Å². The number of ether oxygens (including phenoxy) is 3. The normalized spacial score (nSPS) is 9.50. The predicted molar refractivity (Wildman–Crippen MR) is 44.1 cm³/mol. The predicted octanol–water partition coefficient (Wildman–Crippen LogP) is 1.59. The van der Waals surface area contributed by atoms with Crippen molar-refractivity contribution in [3.63, 3.8) is 0 Å². The van der Waals surface area contributed by atoms with Crippen LogP contribution in [0.3, 0.4) is 0 Å². The van der Waals surface area contributed by atoms with Crippen LogP contribution in [-0.4, -0.2) is 32.6 Å². The molecule has 0 saturated heterocycles. The van der Waals surface area contributed by atoms with Gasteiger partial charge in [0.05, 0.1) is 13.2 Å². The van der Waals surface area contributed by atoms with Gasteiger partial charge in [-0.15, -0.1) is 0 Å². The second kappa shape index (κ2) is 8.33. The van der Waals surface area contributed by atoms with Gasteiger partial charge in [0.25, 0.3) is 0 Å². The van der Waals surface area contributed by atoms with Gasteiger partial charge in [-0.25, -0.2) is 4.79 Å². The molecule has 12 heavy (non-hydrogen) atoms. The van der Waals surface area contributed by atoms with Crippen molar-refractivity contribution in [1.82, 2.24) is 0 Å². The maximum atomic E-state index is 10.6. The summed E-state index contributed by atoms with van der Waals surface area (Å²) in [6, 6.07) is 0. The molecule has 4 nitrogen and oxygen atoms in total. The molecule has 0 aromatic heterocycles. The van der Waals surface area contributed by atoms with E-state index in [1.165, 1.54) is 0 Å². The van der Waals surface area contributed by atoms with Crippen molar-refractivity contribution in [3.05, 3.63) is 0 Å². The van der Waals surface area contributed by atoms with Crippen molar-refractivity contribution in [3.8, 4) is 0 Å². The fourth-order valence-corrected chi connectivity index (χ4v) is 0.620. The summed E-state index contributed by atoms with van der Waals surface area (Å²) in [4.78, 5) is 10.6. The highest BCUT2D eigenvalue weighted by Crippen LogP contribution is 1.88. The quantitative estimate of drug-likeness (QED) is 0.455. The van der Waals surface area contributed by atoms with E-state index in [1.807, 2.05) is 6.92 Å². The first-order valence-electron chi connectivity index (χ1n) is 4.18. The number of carbonyl (C=O) groups excluding carboxylic acids is 1. The first-order chi connectivity index (χ1) is 5.81. The minimum Gasteiger partial charge on any atom is -0.435 e. The van der Waals surface area contributed by atoms with Crippen LogP contribution in [0.2, 0.25) is 0 Å². The molecule has 0 bridgehead atoms. The Balaban J connectivity index is 3.03. The maximum Gasteiger partial charge on any atom is 0.508 e. The Bertz CT molecular complexity index is 114. The molecule has 0 aliphatic carbocycles. The van der Waals surface area contributed by atoms with Gasteiger partial charge in [0.2, 0.25) is 0 Å². The fourth-order valence-electron chi connectivity index (χ4n) is 0.620. The second-order valence-electron chi connectivity index (χ2n) is 2.08. The lowest BCUT2D eigenvalue weighted by Gasteiger charge is -2.03. The number of hydrogen-bond donors (Lipinski definition) is 0. The van der Waals surface area contributed by atoms with Crippen molar-refractivity contribution in [2.24, 2.45) is 0 Å². The van der Waals surface area contributed by atoms with Gasteiger partial charge < -0.3 is 14.2 Å². The van der Waals surface area contributed by atoms with Crippen molar-refractivity contribution < 1.29 is 19.0 Å². The molecule has 0 aliphatic heterocycles. The fraction of sp³-hybridized carbons (Fsp3) is 0.875. The van der Waals surface area contributed by atoms with Gasteiger partial charge in [0.15, 0.2) is 0 Å². The summed E-state index contributed by atoms with van der Waals surface area (Å²) in [5.41, 5.74) is 0. The van der Waals surface area contributed by atoms with Gasteiger partial charge in [-0.05, 0) is 13.8 Å². The van der Waals surface area contributed by atoms with Gasteiger partial charge in [0, 0.05) is 19.6 Å². The Hall–Kier alpha value is -0.770. The van der Waals surface area contributed by atoms with E-state index in [4.69, 9.17) is 4.74 Å². The summed E-state index contributed by atoms with van der Waals surface area (Å²) in [5, 5.41) is 0. The molecular formula is C8H16O4. The Morgan fingerprint density at radius 3 is 2.42 bits per heavy atom. The molecule has 0 spiro atoms. The minimum atomic E-state index is -0.603. The van der Waals surface area contributed by atoms with Crippen LogP contribution >= 0.6 is 0 Å². The number of hydrogen-bond acceptors (Lipinski definition) is 4. The third-order valence-corrected chi connectivity index (χ3v) is 1.12. The summed E-state index contributed by atoms with van der Waals surface area (Å²) in [6.45, 7) is 5.69. The van der Waals surface area contributed by atoms with Crippen LogP contribution < -0.4 is 0 Å². The smallest absolute Gasteiger partial charge is 0.435 e. The highest BCUT2D eigenvalue weighted by atomic mass is 16.7. The largest absolute Gasteiger partial charge is 0.508 e. The zero-order valence-electron chi connectivity index (χ0n) is 7.67. The van der Waals surface area contributed by atoms with Gasteiger partial charge >= 0.3 is 6.16 Å². The summed E-state index contributed by atoms with van der Waals surface area (Å²) >= 11 is 0. The molecule has 0 heterocycles. The van der Waals surface area contributed by atoms with Crippen molar-refractivity contribution in [1.29, 1.82) is 0 Å². The minimum absolute atomic E-state index is 0.351. The van der Waals surface area contributed by atoms with Gasteiger partial charge in [-0.2, -0.15) is 0 Å². The molecule has 0 fully saturated rings. The van der Waals surface area contributed by atoms with Crippen molar-refractivity contribution >= 4 is 6.16 Å². The summed E-state index contributed by atoms with van der Waals surface area (Å²) in [6.07, 6.45) is 0.112. The average Bonchev–Trinajstić information content (AvgIpc) is 2.05.